The van der Waals surface area contributed by atoms with Gasteiger partial charge in [0.15, 0.2) is 0 Å². The van der Waals surface area contributed by atoms with Crippen molar-refractivity contribution in [3.05, 3.63) is 35.4 Å². The van der Waals surface area contributed by atoms with Crippen molar-refractivity contribution in [2.24, 2.45) is 0 Å². The maximum absolute atomic E-state index is 11.8. The Balaban J connectivity index is 2.54. The molecule has 0 saturated carbocycles. The number of amides is 1. The molecule has 0 aliphatic heterocycles. The average molecular weight is 262 g/mol. The molecule has 6 nitrogen and oxygen atoms in total. The van der Waals surface area contributed by atoms with Crippen LogP contribution in [-0.2, 0) is 9.53 Å². The number of nitriles is 1. The van der Waals surface area contributed by atoms with E-state index in [-0.39, 0.29) is 18.9 Å². The number of hydrogen-bond donors (Lipinski definition) is 2. The monoisotopic (exact) mass is 262 g/mol. The van der Waals surface area contributed by atoms with Crippen molar-refractivity contribution >= 4 is 11.9 Å². The van der Waals surface area contributed by atoms with Crippen molar-refractivity contribution in [2.75, 3.05) is 13.7 Å². The number of carbonyl (C=O) groups is 2. The summed E-state index contributed by atoms with van der Waals surface area (Å²) in [6.45, 7) is 0.113. The lowest BCUT2D eigenvalue weighted by Crippen LogP contribution is -2.34. The number of rotatable bonds is 6. The summed E-state index contributed by atoms with van der Waals surface area (Å²) in [5.41, 5.74) is 0.876. The second-order valence-corrected chi connectivity index (χ2v) is 3.85. The van der Waals surface area contributed by atoms with E-state index in [4.69, 9.17) is 15.1 Å². The number of carbonyl (C=O) groups excluding carboxylic acids is 1. The number of carboxylic acids is 1. The standard InChI is InChI=1S/C13H14N2O4/c1-19-11(6-12(16)17)8-15-13(18)10-4-2-9(7-14)3-5-10/h2-5,11H,6,8H2,1H3,(H,15,18)(H,16,17). The van der Waals surface area contributed by atoms with Gasteiger partial charge < -0.3 is 15.2 Å². The first kappa shape index (κ1) is 14.7. The molecule has 1 unspecified atom stereocenters. The van der Waals surface area contributed by atoms with Crippen LogP contribution < -0.4 is 5.32 Å². The smallest absolute Gasteiger partial charge is 0.306 e. The van der Waals surface area contributed by atoms with Crippen LogP contribution in [0.2, 0.25) is 0 Å². The molecule has 6 heteroatoms. The summed E-state index contributed by atoms with van der Waals surface area (Å²) in [7, 11) is 1.39. The van der Waals surface area contributed by atoms with Crippen molar-refractivity contribution in [3.63, 3.8) is 0 Å². The Labute approximate surface area is 110 Å². The molecule has 0 aliphatic rings. The van der Waals surface area contributed by atoms with Gasteiger partial charge in [-0.1, -0.05) is 0 Å². The fraction of sp³-hybridized carbons (Fsp3) is 0.308. The van der Waals surface area contributed by atoms with E-state index in [1.807, 2.05) is 6.07 Å². The molecule has 1 aromatic carbocycles. The van der Waals surface area contributed by atoms with E-state index in [1.165, 1.54) is 19.2 Å². The van der Waals surface area contributed by atoms with Crippen molar-refractivity contribution < 1.29 is 19.4 Å². The Bertz CT molecular complexity index is 490. The molecule has 1 amide bonds. The van der Waals surface area contributed by atoms with Crippen LogP contribution in [0.1, 0.15) is 22.3 Å². The maximum Gasteiger partial charge on any atom is 0.306 e. The predicted octanol–water partition coefficient (Wildman–Crippen LogP) is 0.778. The van der Waals surface area contributed by atoms with Crippen LogP contribution in [0.25, 0.3) is 0 Å². The molecule has 1 aromatic rings. The lowest BCUT2D eigenvalue weighted by molar-refractivity contribution is -0.139. The van der Waals surface area contributed by atoms with E-state index in [0.29, 0.717) is 11.1 Å². The summed E-state index contributed by atoms with van der Waals surface area (Å²) in [4.78, 5) is 22.3. The number of nitrogens with zero attached hydrogens (tertiary/aromatic N) is 1. The molecule has 0 bridgehead atoms. The SMILES string of the molecule is COC(CNC(=O)c1ccc(C#N)cc1)CC(=O)O. The number of aliphatic carboxylic acids is 1. The van der Waals surface area contributed by atoms with E-state index in [1.54, 1.807) is 12.1 Å². The minimum atomic E-state index is -0.987. The van der Waals surface area contributed by atoms with Gasteiger partial charge in [-0.25, -0.2) is 0 Å². The minimum absolute atomic E-state index is 0.113. The largest absolute Gasteiger partial charge is 0.481 e. The molecule has 0 aromatic heterocycles. The van der Waals surface area contributed by atoms with Crippen LogP contribution in [0.5, 0.6) is 0 Å². The first-order valence-electron chi connectivity index (χ1n) is 5.59. The molecule has 0 spiro atoms. The van der Waals surface area contributed by atoms with Gasteiger partial charge in [-0.2, -0.15) is 5.26 Å². The Hall–Kier alpha value is -2.39. The number of ether oxygens (including phenoxy) is 1. The van der Waals surface area contributed by atoms with Crippen LogP contribution in [0, 0.1) is 11.3 Å². The second kappa shape index (κ2) is 7.13. The van der Waals surface area contributed by atoms with Crippen LogP contribution in [0.4, 0.5) is 0 Å². The third kappa shape index (κ3) is 4.77. The zero-order valence-corrected chi connectivity index (χ0v) is 10.4. The van der Waals surface area contributed by atoms with Crippen molar-refractivity contribution in [2.45, 2.75) is 12.5 Å². The Morgan fingerprint density at radius 1 is 1.42 bits per heavy atom. The van der Waals surface area contributed by atoms with E-state index in [2.05, 4.69) is 5.32 Å². The number of hydrogen-bond acceptors (Lipinski definition) is 4. The molecule has 19 heavy (non-hydrogen) atoms. The molecule has 0 fully saturated rings. The summed E-state index contributed by atoms with van der Waals surface area (Å²) in [6.07, 6.45) is -0.746. The summed E-state index contributed by atoms with van der Waals surface area (Å²) in [5, 5.41) is 19.9. The molecule has 1 rings (SSSR count). The van der Waals surface area contributed by atoms with Gasteiger partial charge >= 0.3 is 5.97 Å². The van der Waals surface area contributed by atoms with E-state index < -0.39 is 12.1 Å². The average Bonchev–Trinajstić information content (AvgIpc) is 2.42. The summed E-state index contributed by atoms with van der Waals surface area (Å²) >= 11 is 0. The highest BCUT2D eigenvalue weighted by molar-refractivity contribution is 5.94. The third-order valence-corrected chi connectivity index (χ3v) is 2.50. The third-order valence-electron chi connectivity index (χ3n) is 2.50. The quantitative estimate of drug-likeness (QED) is 0.789. The van der Waals surface area contributed by atoms with Crippen molar-refractivity contribution in [1.29, 1.82) is 5.26 Å². The fourth-order valence-corrected chi connectivity index (χ4v) is 1.44. The molecule has 0 radical (unpaired) electrons. The molecular weight excluding hydrogens is 248 g/mol. The lowest BCUT2D eigenvalue weighted by Gasteiger charge is -2.13. The highest BCUT2D eigenvalue weighted by atomic mass is 16.5. The van der Waals surface area contributed by atoms with Gasteiger partial charge in [0.2, 0.25) is 0 Å². The number of methoxy groups -OCH3 is 1. The molecule has 100 valence electrons. The van der Waals surface area contributed by atoms with E-state index in [9.17, 15) is 9.59 Å². The van der Waals surface area contributed by atoms with E-state index >= 15 is 0 Å². The minimum Gasteiger partial charge on any atom is -0.481 e. The highest BCUT2D eigenvalue weighted by Gasteiger charge is 2.14. The van der Waals surface area contributed by atoms with Gasteiger partial charge in [-0.3, -0.25) is 9.59 Å². The lowest BCUT2D eigenvalue weighted by atomic mass is 10.1. The second-order valence-electron chi connectivity index (χ2n) is 3.85. The van der Waals surface area contributed by atoms with Crippen molar-refractivity contribution in [3.8, 4) is 6.07 Å². The first-order chi connectivity index (χ1) is 9.06. The number of carboxylic acid groups (broad SMARTS) is 1. The van der Waals surface area contributed by atoms with Gasteiger partial charge in [-0.05, 0) is 24.3 Å². The zero-order chi connectivity index (χ0) is 14.3. The summed E-state index contributed by atoms with van der Waals surface area (Å²) in [5.74, 6) is -1.32. The molecule has 0 aliphatic carbocycles. The van der Waals surface area contributed by atoms with Crippen molar-refractivity contribution in [1.82, 2.24) is 5.32 Å². The van der Waals surface area contributed by atoms with Gasteiger partial charge in [0.1, 0.15) is 0 Å². The Morgan fingerprint density at radius 2 is 2.05 bits per heavy atom. The molecule has 0 saturated heterocycles. The molecule has 0 heterocycles. The van der Waals surface area contributed by atoms with Crippen LogP contribution in [0.15, 0.2) is 24.3 Å². The molecule has 1 atom stereocenters. The van der Waals surface area contributed by atoms with Gasteiger partial charge in [0.05, 0.1) is 24.2 Å². The first-order valence-corrected chi connectivity index (χ1v) is 5.59. The van der Waals surface area contributed by atoms with Crippen LogP contribution in [-0.4, -0.2) is 36.7 Å². The van der Waals surface area contributed by atoms with E-state index in [0.717, 1.165) is 0 Å². The maximum atomic E-state index is 11.8. The normalized spacial score (nSPS) is 11.4. The van der Waals surface area contributed by atoms with Gasteiger partial charge in [0.25, 0.3) is 5.91 Å². The summed E-state index contributed by atoms with van der Waals surface area (Å²) < 4.78 is 4.95. The van der Waals surface area contributed by atoms with Gasteiger partial charge in [-0.15, -0.1) is 0 Å². The topological polar surface area (TPSA) is 99.4 Å². The Kier molecular flexibility index (Phi) is 5.51. The van der Waals surface area contributed by atoms with Crippen LogP contribution >= 0.6 is 0 Å². The van der Waals surface area contributed by atoms with Crippen LogP contribution in [0.3, 0.4) is 0 Å². The highest BCUT2D eigenvalue weighted by Crippen LogP contribution is 2.03. The fourth-order valence-electron chi connectivity index (χ4n) is 1.44. The Morgan fingerprint density at radius 3 is 2.53 bits per heavy atom. The molecule has 2 N–H and O–H groups in total. The number of benzene rings is 1. The number of nitrogens with one attached hydrogen (secondary N) is 1. The predicted molar refractivity (Wildman–Crippen MR) is 66.5 cm³/mol. The summed E-state index contributed by atoms with van der Waals surface area (Å²) in [6, 6.07) is 8.11. The molecular formula is C13H14N2O4. The van der Waals surface area contributed by atoms with Gasteiger partial charge in [0, 0.05) is 19.2 Å². The zero-order valence-electron chi connectivity index (χ0n) is 10.4.